The summed E-state index contributed by atoms with van der Waals surface area (Å²) < 4.78 is 0. The molecule has 2 aliphatic rings. The molecule has 2 saturated heterocycles. The van der Waals surface area contributed by atoms with Gasteiger partial charge in [0, 0.05) is 31.7 Å². The number of piperidine rings is 1. The van der Waals surface area contributed by atoms with Crippen molar-refractivity contribution in [3.8, 4) is 0 Å². The van der Waals surface area contributed by atoms with Gasteiger partial charge >= 0.3 is 0 Å². The van der Waals surface area contributed by atoms with E-state index in [9.17, 15) is 0 Å². The van der Waals surface area contributed by atoms with Crippen LogP contribution in [0.15, 0.2) is 18.3 Å². The van der Waals surface area contributed by atoms with Gasteiger partial charge < -0.3 is 15.1 Å². The van der Waals surface area contributed by atoms with Gasteiger partial charge in [0.1, 0.15) is 5.82 Å². The summed E-state index contributed by atoms with van der Waals surface area (Å²) in [4.78, 5) is 9.47. The Morgan fingerprint density at radius 2 is 1.95 bits per heavy atom. The lowest BCUT2D eigenvalue weighted by molar-refractivity contribution is 0.145. The maximum Gasteiger partial charge on any atom is 0.128 e. The molecular weight excluding hydrogens is 260 g/mol. The van der Waals surface area contributed by atoms with Gasteiger partial charge in [0.15, 0.2) is 0 Å². The van der Waals surface area contributed by atoms with Crippen molar-refractivity contribution in [2.75, 3.05) is 36.9 Å². The lowest BCUT2D eigenvalue weighted by atomic mass is 9.90. The van der Waals surface area contributed by atoms with Crippen molar-refractivity contribution in [2.45, 2.75) is 45.2 Å². The molecule has 0 saturated carbocycles. The highest BCUT2D eigenvalue weighted by molar-refractivity contribution is 5.49. The van der Waals surface area contributed by atoms with Crippen LogP contribution in [0.3, 0.4) is 0 Å². The molecule has 0 radical (unpaired) electrons. The topological polar surface area (TPSA) is 31.4 Å². The largest absolute Gasteiger partial charge is 0.381 e. The molecule has 0 spiro atoms. The average molecular weight is 288 g/mol. The Morgan fingerprint density at radius 1 is 1.19 bits per heavy atom. The van der Waals surface area contributed by atoms with E-state index in [1.807, 2.05) is 6.20 Å². The third-order valence-corrected chi connectivity index (χ3v) is 5.14. The standard InChI is InChI=1S/C17H28N4/c1-13-12-20(3)14(2)10-16(13)19-15-6-7-17(18-11-15)21-8-4-5-9-21/h6-7,11,13-14,16,19H,4-5,8-10,12H2,1-3H3. The van der Waals surface area contributed by atoms with Gasteiger partial charge in [-0.25, -0.2) is 4.98 Å². The fourth-order valence-corrected chi connectivity index (χ4v) is 3.56. The summed E-state index contributed by atoms with van der Waals surface area (Å²) >= 11 is 0. The van der Waals surface area contributed by atoms with E-state index in [2.05, 4.69) is 53.1 Å². The third-order valence-electron chi connectivity index (χ3n) is 5.14. The molecule has 2 fully saturated rings. The Balaban J connectivity index is 1.62. The summed E-state index contributed by atoms with van der Waals surface area (Å²) in [7, 11) is 2.23. The van der Waals surface area contributed by atoms with Gasteiger partial charge in [-0.1, -0.05) is 6.92 Å². The van der Waals surface area contributed by atoms with Gasteiger partial charge in [-0.15, -0.1) is 0 Å². The van der Waals surface area contributed by atoms with Crippen LogP contribution < -0.4 is 10.2 Å². The summed E-state index contributed by atoms with van der Waals surface area (Å²) in [5.41, 5.74) is 1.16. The molecule has 0 aliphatic carbocycles. The predicted molar refractivity (Wildman–Crippen MR) is 89.0 cm³/mol. The summed E-state index contributed by atoms with van der Waals surface area (Å²) in [6.07, 6.45) is 5.80. The van der Waals surface area contributed by atoms with E-state index in [-0.39, 0.29) is 0 Å². The van der Waals surface area contributed by atoms with Crippen LogP contribution in [0.4, 0.5) is 11.5 Å². The molecule has 0 aromatic carbocycles. The zero-order valence-corrected chi connectivity index (χ0v) is 13.5. The highest BCUT2D eigenvalue weighted by atomic mass is 15.2. The minimum atomic E-state index is 0.552. The molecule has 21 heavy (non-hydrogen) atoms. The number of pyridine rings is 1. The first kappa shape index (κ1) is 14.6. The first-order chi connectivity index (χ1) is 10.1. The highest BCUT2D eigenvalue weighted by Crippen LogP contribution is 2.25. The molecule has 4 nitrogen and oxygen atoms in total. The Morgan fingerprint density at radius 3 is 2.62 bits per heavy atom. The van der Waals surface area contributed by atoms with Gasteiger partial charge in [0.2, 0.25) is 0 Å². The van der Waals surface area contributed by atoms with E-state index in [1.165, 1.54) is 19.3 Å². The van der Waals surface area contributed by atoms with Crippen LogP contribution in [0.2, 0.25) is 0 Å². The lowest BCUT2D eigenvalue weighted by Crippen LogP contribution is -2.48. The molecule has 116 valence electrons. The van der Waals surface area contributed by atoms with Crippen LogP contribution in [-0.4, -0.2) is 48.6 Å². The van der Waals surface area contributed by atoms with Gasteiger partial charge in [0.25, 0.3) is 0 Å². The van der Waals surface area contributed by atoms with Crippen molar-refractivity contribution in [3.63, 3.8) is 0 Å². The minimum absolute atomic E-state index is 0.552. The number of hydrogen-bond acceptors (Lipinski definition) is 4. The predicted octanol–water partition coefficient (Wildman–Crippen LogP) is 2.82. The zero-order valence-electron chi connectivity index (χ0n) is 13.5. The molecule has 3 rings (SSSR count). The van der Waals surface area contributed by atoms with E-state index in [0.717, 1.165) is 31.1 Å². The molecule has 1 N–H and O–H groups in total. The lowest BCUT2D eigenvalue weighted by Gasteiger charge is -2.40. The number of aromatic nitrogens is 1. The fraction of sp³-hybridized carbons (Fsp3) is 0.706. The summed E-state index contributed by atoms with van der Waals surface area (Å²) in [6.45, 7) is 8.13. The zero-order chi connectivity index (χ0) is 14.8. The second-order valence-corrected chi connectivity index (χ2v) is 6.85. The Kier molecular flexibility index (Phi) is 4.34. The van der Waals surface area contributed by atoms with Crippen LogP contribution >= 0.6 is 0 Å². The van der Waals surface area contributed by atoms with Gasteiger partial charge in [-0.05, 0) is 51.3 Å². The summed E-state index contributed by atoms with van der Waals surface area (Å²) in [6, 6.07) is 5.55. The Bertz CT molecular complexity index is 452. The second kappa shape index (κ2) is 6.22. The van der Waals surface area contributed by atoms with Crippen LogP contribution in [0.25, 0.3) is 0 Å². The monoisotopic (exact) mass is 288 g/mol. The molecule has 1 aromatic heterocycles. The maximum atomic E-state index is 4.64. The number of rotatable bonds is 3. The molecule has 1 aromatic rings. The first-order valence-electron chi connectivity index (χ1n) is 8.31. The average Bonchev–Trinajstić information content (AvgIpc) is 3.00. The van der Waals surface area contributed by atoms with E-state index in [0.29, 0.717) is 18.0 Å². The number of nitrogens with one attached hydrogen (secondary N) is 1. The molecule has 0 amide bonds. The third kappa shape index (κ3) is 3.31. The van der Waals surface area contributed by atoms with Gasteiger partial charge in [0.05, 0.1) is 11.9 Å². The molecule has 3 unspecified atom stereocenters. The van der Waals surface area contributed by atoms with E-state index in [4.69, 9.17) is 0 Å². The number of hydrogen-bond donors (Lipinski definition) is 1. The first-order valence-corrected chi connectivity index (χ1v) is 8.31. The molecule has 3 heterocycles. The van der Waals surface area contributed by atoms with Crippen LogP contribution in [0.1, 0.15) is 33.1 Å². The van der Waals surface area contributed by atoms with Crippen LogP contribution in [0.5, 0.6) is 0 Å². The molecule has 4 heteroatoms. The van der Waals surface area contributed by atoms with E-state index < -0.39 is 0 Å². The number of anilines is 2. The molecular formula is C17H28N4. The van der Waals surface area contributed by atoms with Crippen molar-refractivity contribution < 1.29 is 0 Å². The molecule has 2 aliphatic heterocycles. The molecule has 0 bridgehead atoms. The smallest absolute Gasteiger partial charge is 0.128 e. The van der Waals surface area contributed by atoms with Crippen LogP contribution in [-0.2, 0) is 0 Å². The van der Waals surface area contributed by atoms with Crippen LogP contribution in [0, 0.1) is 5.92 Å². The Labute approximate surface area is 128 Å². The SMILES string of the molecule is CC1CN(C)C(C)CC1Nc1ccc(N2CCCC2)nc1. The van der Waals surface area contributed by atoms with E-state index in [1.54, 1.807) is 0 Å². The summed E-state index contributed by atoms with van der Waals surface area (Å²) in [5.74, 6) is 1.80. The number of nitrogens with zero attached hydrogens (tertiary/aromatic N) is 3. The quantitative estimate of drug-likeness (QED) is 0.927. The summed E-state index contributed by atoms with van der Waals surface area (Å²) in [5, 5.41) is 3.69. The van der Waals surface area contributed by atoms with Crippen molar-refractivity contribution in [3.05, 3.63) is 18.3 Å². The van der Waals surface area contributed by atoms with Crippen molar-refractivity contribution in [2.24, 2.45) is 5.92 Å². The van der Waals surface area contributed by atoms with Gasteiger partial charge in [-0.2, -0.15) is 0 Å². The maximum absolute atomic E-state index is 4.64. The van der Waals surface area contributed by atoms with E-state index >= 15 is 0 Å². The molecule has 3 atom stereocenters. The normalized spacial score (nSPS) is 30.6. The minimum Gasteiger partial charge on any atom is -0.381 e. The number of likely N-dealkylation sites (tertiary alicyclic amines) is 1. The van der Waals surface area contributed by atoms with Crippen molar-refractivity contribution >= 4 is 11.5 Å². The fourth-order valence-electron chi connectivity index (χ4n) is 3.56. The second-order valence-electron chi connectivity index (χ2n) is 6.85. The highest BCUT2D eigenvalue weighted by Gasteiger charge is 2.28. The van der Waals surface area contributed by atoms with Gasteiger partial charge in [-0.3, -0.25) is 0 Å². The van der Waals surface area contributed by atoms with Crippen molar-refractivity contribution in [1.82, 2.24) is 9.88 Å². The van der Waals surface area contributed by atoms with Crippen molar-refractivity contribution in [1.29, 1.82) is 0 Å². The Hall–Kier alpha value is -1.29.